The SMILES string of the molecule is COC(=O)[C@@H](NC(=O)CCCCCCCCCCCCCCCn1c(C)nc2nc(Cl)nc(S(=O)(=O)C(C)C)c21)C(C)C.COC(=O)[C@@H](NC(=O)CCCCCCCCCCCCCCCn1c(C)nc2nc(Cl)nc(SC(C)C)c21)C(C)C.Cc1nc2nc(Cl)nc(SC(C)C)c2n1CCCCCCCCCCCCCCCC(=O)O. The summed E-state index contributed by atoms with van der Waals surface area (Å²) in [7, 11) is -0.934. The van der Waals surface area contributed by atoms with Gasteiger partial charge < -0.3 is 38.9 Å². The number of halogens is 3. The molecule has 3 N–H and O–H groups in total. The Kier molecular flexibility index (Phi) is 51.9. The Hall–Kier alpha value is -5.48. The van der Waals surface area contributed by atoms with E-state index in [2.05, 4.69) is 92.3 Å². The second-order valence-corrected chi connectivity index (χ2v) is 39.4. The lowest BCUT2D eigenvalue weighted by molar-refractivity contribution is -0.146. The number of rotatable bonds is 60. The zero-order valence-corrected chi connectivity index (χ0v) is 78.4. The molecule has 2 amide bonds. The standard InChI is InChI=1S/C31H52ClN5O5S.C31H52ClN5O3S.C25H41ClN4O2S/c1-22(2)26(30(39)42-6)34-25(38)20-18-16-14-12-10-8-7-9-11-13-15-17-19-21-37-24(5)33-28-27(37)29(36-31(32)35-28)43(40,41)23(3)4;1-22(2)26(30(39)40-6)34-25(38)20-18-16-14-12-10-8-7-9-11-13-15-17-19-21-37-24(5)33-28-27(37)29(41-23(3)4)36-31(32)35-28;1-19(2)33-24-22-23(28-25(26)29-24)27-20(3)30(22)18-16-14-12-10-8-6-4-5-7-9-11-13-15-17-21(31)32/h22-23,26H,7-21H2,1-6H3,(H,34,38);22-23,26H,7-21H2,1-6H3,(H,34,38);19H,4-18H2,1-3H3,(H,31,32)/t2*26-;/m00./s1. The third-order valence-electron chi connectivity index (χ3n) is 21.0. The maximum absolute atomic E-state index is 12.9. The highest BCUT2D eigenvalue weighted by atomic mass is 35.5. The van der Waals surface area contributed by atoms with Crippen LogP contribution in [0.3, 0.4) is 0 Å². The number of imidazole rings is 3. The van der Waals surface area contributed by atoms with Gasteiger partial charge in [-0.15, -0.1) is 23.5 Å². The molecule has 0 aliphatic rings. The highest BCUT2D eigenvalue weighted by molar-refractivity contribution is 8.00. The van der Waals surface area contributed by atoms with Crippen molar-refractivity contribution < 1.29 is 47.0 Å². The van der Waals surface area contributed by atoms with Crippen molar-refractivity contribution in [1.82, 2.24) is 69.2 Å². The molecule has 0 unspecified atom stereocenters. The van der Waals surface area contributed by atoms with Crippen LogP contribution in [0.1, 0.15) is 356 Å². The van der Waals surface area contributed by atoms with Gasteiger partial charge in [0, 0.05) is 49.4 Å². The van der Waals surface area contributed by atoms with Crippen molar-refractivity contribution in [1.29, 1.82) is 0 Å². The average Bonchev–Trinajstić information content (AvgIpc) is 1.63. The number of aryl methyl sites for hydroxylation is 6. The number of hydrogen-bond acceptors (Lipinski definition) is 20. The number of fused-ring (bicyclic) bond motifs is 3. The number of amides is 2. The number of nitrogens with one attached hydrogen (secondary N) is 2. The molecule has 117 heavy (non-hydrogen) atoms. The molecule has 2 atom stereocenters. The van der Waals surface area contributed by atoms with Crippen LogP contribution in [0.4, 0.5) is 0 Å². The summed E-state index contributed by atoms with van der Waals surface area (Å²) in [6, 6.07) is -1.13. The fraction of sp³-hybridized carbons (Fsp3) is 0.770. The van der Waals surface area contributed by atoms with Crippen molar-refractivity contribution in [3.05, 3.63) is 33.3 Å². The Morgan fingerprint density at radius 2 is 0.615 bits per heavy atom. The van der Waals surface area contributed by atoms with E-state index in [0.29, 0.717) is 64.6 Å². The van der Waals surface area contributed by atoms with Crippen molar-refractivity contribution >= 4 is 131 Å². The number of aliphatic carboxylic acids is 1. The van der Waals surface area contributed by atoms with Crippen LogP contribution < -0.4 is 10.6 Å². The predicted octanol–water partition coefficient (Wildman–Crippen LogP) is 22.6. The van der Waals surface area contributed by atoms with Gasteiger partial charge in [-0.3, -0.25) is 14.4 Å². The molecule has 6 aromatic heterocycles. The number of sulfone groups is 1. The summed E-state index contributed by atoms with van der Waals surface area (Å²) in [4.78, 5) is 97.9. The summed E-state index contributed by atoms with van der Waals surface area (Å²) >= 11 is 21.7. The highest BCUT2D eigenvalue weighted by Gasteiger charge is 2.30. The van der Waals surface area contributed by atoms with E-state index in [1.54, 1.807) is 37.4 Å². The molecule has 6 heterocycles. The number of esters is 2. The minimum Gasteiger partial charge on any atom is -0.481 e. The lowest BCUT2D eigenvalue weighted by Gasteiger charge is -2.19. The minimum absolute atomic E-state index is 0.000481. The first-order chi connectivity index (χ1) is 55.9. The first kappa shape index (κ1) is 104. The molecule has 0 saturated heterocycles. The third kappa shape index (κ3) is 39.9. The fourth-order valence-electron chi connectivity index (χ4n) is 14.3. The van der Waals surface area contributed by atoms with E-state index in [0.717, 1.165) is 123 Å². The molecule has 0 saturated carbocycles. The topological polar surface area (TPSA) is 313 Å². The van der Waals surface area contributed by atoms with Crippen LogP contribution in [-0.4, -0.2) is 144 Å². The smallest absolute Gasteiger partial charge is 0.328 e. The van der Waals surface area contributed by atoms with E-state index < -0.39 is 39.1 Å². The summed E-state index contributed by atoms with van der Waals surface area (Å²) in [5.41, 5.74) is 4.23. The number of methoxy groups -OCH3 is 2. The van der Waals surface area contributed by atoms with Crippen molar-refractivity contribution in [3.63, 3.8) is 0 Å². The van der Waals surface area contributed by atoms with Crippen LogP contribution in [-0.2, 0) is 62.9 Å². The van der Waals surface area contributed by atoms with Crippen molar-refractivity contribution in [2.24, 2.45) is 11.8 Å². The third-order valence-corrected chi connectivity index (χ3v) is 25.5. The van der Waals surface area contributed by atoms with Gasteiger partial charge in [-0.1, -0.05) is 267 Å². The molecule has 0 aliphatic heterocycles. The summed E-state index contributed by atoms with van der Waals surface area (Å²) in [5.74, 6) is 1.11. The molecule has 24 nitrogen and oxygen atoms in total. The molecule has 6 rings (SSSR count). The van der Waals surface area contributed by atoms with Gasteiger partial charge in [0.1, 0.15) is 56.2 Å². The van der Waals surface area contributed by atoms with Crippen molar-refractivity contribution in [3.8, 4) is 0 Å². The molecule has 0 aromatic carbocycles. The van der Waals surface area contributed by atoms with Crippen LogP contribution in [0, 0.1) is 32.6 Å². The number of aromatic nitrogens is 12. The quantitative estimate of drug-likeness (QED) is 0.0105. The Morgan fingerprint density at radius 3 is 0.872 bits per heavy atom. The normalized spacial score (nSPS) is 12.3. The van der Waals surface area contributed by atoms with Gasteiger partial charge in [-0.05, 0) is 120 Å². The molecule has 0 radical (unpaired) electrons. The van der Waals surface area contributed by atoms with Crippen LogP contribution in [0.5, 0.6) is 0 Å². The number of carbonyl (C=O) groups is 5. The zero-order valence-electron chi connectivity index (χ0n) is 73.7. The number of hydrogen-bond donors (Lipinski definition) is 3. The number of thioether (sulfide) groups is 2. The predicted molar refractivity (Wildman–Crippen MR) is 479 cm³/mol. The zero-order chi connectivity index (χ0) is 86.2. The molecule has 0 fully saturated rings. The second kappa shape index (κ2) is 58.5. The first-order valence-electron chi connectivity index (χ1n) is 44.2. The van der Waals surface area contributed by atoms with E-state index in [-0.39, 0.29) is 50.5 Å². The van der Waals surface area contributed by atoms with Gasteiger partial charge in [0.15, 0.2) is 31.8 Å². The Morgan fingerprint density at radius 1 is 0.368 bits per heavy atom. The van der Waals surface area contributed by atoms with Gasteiger partial charge >= 0.3 is 17.9 Å². The Labute approximate surface area is 724 Å². The number of carboxylic acid groups (broad SMARTS) is 1. The van der Waals surface area contributed by atoms with Crippen LogP contribution in [0.2, 0.25) is 15.9 Å². The first-order valence-corrected chi connectivity index (χ1v) is 48.6. The van der Waals surface area contributed by atoms with Gasteiger partial charge in [-0.2, -0.15) is 15.0 Å². The lowest BCUT2D eigenvalue weighted by Crippen LogP contribution is -2.44. The van der Waals surface area contributed by atoms with Gasteiger partial charge in [0.05, 0.1) is 19.5 Å². The summed E-state index contributed by atoms with van der Waals surface area (Å²) in [6.07, 6.45) is 47.6. The Bertz CT molecular complexity index is 4000. The molecule has 0 spiro atoms. The van der Waals surface area contributed by atoms with E-state index >= 15 is 0 Å². The molecule has 0 bridgehead atoms. The largest absolute Gasteiger partial charge is 0.481 e. The van der Waals surface area contributed by atoms with Crippen LogP contribution in [0.25, 0.3) is 33.5 Å². The van der Waals surface area contributed by atoms with E-state index in [1.165, 1.54) is 188 Å². The van der Waals surface area contributed by atoms with Crippen LogP contribution in [0.15, 0.2) is 15.1 Å². The van der Waals surface area contributed by atoms with Crippen molar-refractivity contribution in [2.45, 2.75) is 422 Å². The molecule has 662 valence electrons. The molecule has 30 heteroatoms. The summed E-state index contributed by atoms with van der Waals surface area (Å²) in [5, 5.41) is 16.7. The monoisotopic (exact) mass is 1750 g/mol. The maximum Gasteiger partial charge on any atom is 0.328 e. The number of unbranched alkanes of at least 4 members (excludes halogenated alkanes) is 36. The number of carbonyl (C=O) groups excluding carboxylic acids is 4. The van der Waals surface area contributed by atoms with E-state index in [9.17, 15) is 32.4 Å². The number of ether oxygens (including phenoxy) is 2. The van der Waals surface area contributed by atoms with Crippen molar-refractivity contribution in [2.75, 3.05) is 14.2 Å². The molecule has 0 aliphatic carbocycles. The van der Waals surface area contributed by atoms with E-state index in [1.807, 2.05) is 53.0 Å². The highest BCUT2D eigenvalue weighted by Crippen LogP contribution is 2.34. The Balaban J connectivity index is 0.000000372. The van der Waals surface area contributed by atoms with E-state index in [4.69, 9.17) is 49.4 Å². The molecule has 6 aromatic rings. The molecular weight excluding hydrogens is 1600 g/mol. The molecular formula is C87H145Cl3N14O10S3. The fourth-order valence-corrected chi connectivity index (χ4v) is 17.9. The van der Waals surface area contributed by atoms with Gasteiger partial charge in [0.2, 0.25) is 27.7 Å². The number of carboxylic acids is 1. The van der Waals surface area contributed by atoms with Crippen LogP contribution >= 0.6 is 58.3 Å². The lowest BCUT2D eigenvalue weighted by atomic mass is 10.0. The maximum atomic E-state index is 12.9. The van der Waals surface area contributed by atoms with Gasteiger partial charge in [-0.25, -0.2) is 47.9 Å². The second-order valence-electron chi connectivity index (χ2n) is 32.8. The summed E-state index contributed by atoms with van der Waals surface area (Å²) in [6.45, 7) is 28.0. The van der Waals surface area contributed by atoms with Gasteiger partial charge in [0.25, 0.3) is 0 Å². The average molecular weight is 1750 g/mol. The minimum atomic E-state index is -3.63. The summed E-state index contributed by atoms with van der Waals surface area (Å²) < 4.78 is 41.9. The number of nitrogens with zero attached hydrogens (tertiary/aromatic N) is 12.